The molecule has 1 aromatic heterocycles. The Morgan fingerprint density at radius 2 is 1.90 bits per heavy atom. The first-order valence-corrected chi connectivity index (χ1v) is 10.6. The first-order valence-electron chi connectivity index (χ1n) is 10.6. The van der Waals surface area contributed by atoms with Gasteiger partial charge in [0.2, 0.25) is 0 Å². The minimum Gasteiger partial charge on any atom is -0.466 e. The maximum atomic E-state index is 11.0. The minimum absolute atomic E-state index is 0. The molecule has 2 heterocycles. The fourth-order valence-electron chi connectivity index (χ4n) is 3.78. The monoisotopic (exact) mass is 542 g/mol. The molecule has 1 unspecified atom stereocenters. The number of aliphatic imine (C=N–C) groups is 1. The van der Waals surface area contributed by atoms with Gasteiger partial charge in [0.15, 0.2) is 5.96 Å². The zero-order valence-corrected chi connectivity index (χ0v) is 21.2. The van der Waals surface area contributed by atoms with E-state index in [0.717, 1.165) is 49.9 Å². The summed E-state index contributed by atoms with van der Waals surface area (Å²) in [5.74, 6) is 2.20. The number of nitrogens with zero attached hydrogens (tertiary/aromatic N) is 2. The summed E-state index contributed by atoms with van der Waals surface area (Å²) in [6.07, 6.45) is 0. The van der Waals surface area contributed by atoms with E-state index in [1.807, 2.05) is 32.9 Å². The number of halogens is 1. The van der Waals surface area contributed by atoms with Gasteiger partial charge >= 0.3 is 0 Å². The molecule has 0 saturated carbocycles. The van der Waals surface area contributed by atoms with E-state index in [1.54, 1.807) is 6.92 Å². The molecule has 0 amide bonds. The number of furan rings is 1. The molecule has 3 N–H and O–H groups in total. The first-order chi connectivity index (χ1) is 14.4. The van der Waals surface area contributed by atoms with Crippen molar-refractivity contribution in [2.75, 3.05) is 44.3 Å². The van der Waals surface area contributed by atoms with E-state index in [9.17, 15) is 5.11 Å². The topological polar surface area (TPSA) is 82.3 Å². The van der Waals surface area contributed by atoms with Crippen LogP contribution in [0.2, 0.25) is 0 Å². The highest BCUT2D eigenvalue weighted by Gasteiger charge is 2.28. The molecule has 0 aliphatic carbocycles. The average molecular weight is 542 g/mol. The van der Waals surface area contributed by atoms with Crippen LogP contribution in [0.25, 0.3) is 0 Å². The summed E-state index contributed by atoms with van der Waals surface area (Å²) in [6, 6.07) is 10.3. The van der Waals surface area contributed by atoms with Crippen molar-refractivity contribution in [3.8, 4) is 0 Å². The molecule has 1 fully saturated rings. The highest BCUT2D eigenvalue weighted by Crippen LogP contribution is 2.26. The Morgan fingerprint density at radius 1 is 1.19 bits per heavy atom. The van der Waals surface area contributed by atoms with Gasteiger partial charge in [0.1, 0.15) is 17.1 Å². The summed E-state index contributed by atoms with van der Waals surface area (Å²) >= 11 is 0. The fraction of sp³-hybridized carbons (Fsp3) is 0.522. The Labute approximate surface area is 202 Å². The minimum atomic E-state index is -1.07. The van der Waals surface area contributed by atoms with Crippen molar-refractivity contribution in [1.29, 1.82) is 0 Å². The summed E-state index contributed by atoms with van der Waals surface area (Å²) in [6.45, 7) is 12.5. The lowest BCUT2D eigenvalue weighted by Gasteiger charge is -2.30. The fourth-order valence-corrected chi connectivity index (χ4v) is 3.78. The molecule has 172 valence electrons. The van der Waals surface area contributed by atoms with E-state index in [4.69, 9.17) is 14.1 Å². The molecule has 0 radical (unpaired) electrons. The van der Waals surface area contributed by atoms with Crippen LogP contribution in [-0.2, 0) is 16.9 Å². The Balaban J connectivity index is 0.00000341. The summed E-state index contributed by atoms with van der Waals surface area (Å²) in [4.78, 5) is 7.12. The number of anilines is 1. The van der Waals surface area contributed by atoms with Crippen molar-refractivity contribution in [1.82, 2.24) is 10.6 Å². The number of benzene rings is 1. The number of nitrogens with one attached hydrogen (secondary N) is 2. The van der Waals surface area contributed by atoms with Crippen molar-refractivity contribution in [2.24, 2.45) is 4.99 Å². The number of para-hydroxylation sites is 1. The molecule has 8 heteroatoms. The second-order valence-electron chi connectivity index (χ2n) is 7.88. The van der Waals surface area contributed by atoms with Crippen molar-refractivity contribution in [2.45, 2.75) is 39.8 Å². The molecule has 1 aliphatic rings. The third-order valence-electron chi connectivity index (χ3n) is 5.32. The van der Waals surface area contributed by atoms with Crippen LogP contribution < -0.4 is 15.5 Å². The molecule has 2 aromatic rings. The predicted octanol–water partition coefficient (Wildman–Crippen LogP) is 3.31. The molecule has 1 aliphatic heterocycles. The number of rotatable bonds is 7. The SMILES string of the molecule is CCNC(=NCc1ccccc1N1CCOCC1)NCC(C)(O)c1cc(C)oc1C.I. The number of ether oxygens (including phenoxy) is 1. The van der Waals surface area contributed by atoms with Crippen LogP contribution in [-0.4, -0.2) is 50.5 Å². The Bertz CT molecular complexity index is 860. The lowest BCUT2D eigenvalue weighted by Crippen LogP contribution is -2.44. The molecule has 1 saturated heterocycles. The average Bonchev–Trinajstić information content (AvgIpc) is 3.10. The molecular formula is C23H35IN4O3. The number of aliphatic hydroxyl groups is 1. The van der Waals surface area contributed by atoms with E-state index in [-0.39, 0.29) is 24.0 Å². The highest BCUT2D eigenvalue weighted by atomic mass is 127. The normalized spacial score (nSPS) is 16.4. The van der Waals surface area contributed by atoms with Gasteiger partial charge in [0.25, 0.3) is 0 Å². The second kappa shape index (κ2) is 11.7. The maximum Gasteiger partial charge on any atom is 0.191 e. The molecule has 31 heavy (non-hydrogen) atoms. The van der Waals surface area contributed by atoms with Crippen molar-refractivity contribution in [3.05, 3.63) is 53.0 Å². The van der Waals surface area contributed by atoms with Crippen LogP contribution >= 0.6 is 24.0 Å². The number of hydrogen-bond acceptors (Lipinski definition) is 5. The predicted molar refractivity (Wildman–Crippen MR) is 135 cm³/mol. The molecular weight excluding hydrogens is 507 g/mol. The van der Waals surface area contributed by atoms with Crippen molar-refractivity contribution >= 4 is 35.6 Å². The zero-order chi connectivity index (χ0) is 21.6. The highest BCUT2D eigenvalue weighted by molar-refractivity contribution is 14.0. The van der Waals surface area contributed by atoms with Gasteiger partial charge in [-0.3, -0.25) is 0 Å². The third kappa shape index (κ3) is 6.85. The van der Waals surface area contributed by atoms with Crippen LogP contribution in [0.15, 0.2) is 39.7 Å². The first kappa shape index (κ1) is 25.5. The van der Waals surface area contributed by atoms with Gasteiger partial charge in [0, 0.05) is 30.9 Å². The van der Waals surface area contributed by atoms with E-state index < -0.39 is 5.60 Å². The van der Waals surface area contributed by atoms with Crippen LogP contribution in [0.4, 0.5) is 5.69 Å². The summed E-state index contributed by atoms with van der Waals surface area (Å²) in [5.41, 5.74) is 2.10. The zero-order valence-electron chi connectivity index (χ0n) is 18.9. The van der Waals surface area contributed by atoms with Crippen LogP contribution in [0.3, 0.4) is 0 Å². The summed E-state index contributed by atoms with van der Waals surface area (Å²) in [7, 11) is 0. The summed E-state index contributed by atoms with van der Waals surface area (Å²) in [5, 5.41) is 17.5. The Kier molecular flexibility index (Phi) is 9.64. The van der Waals surface area contributed by atoms with Gasteiger partial charge in [-0.25, -0.2) is 4.99 Å². The van der Waals surface area contributed by atoms with Crippen LogP contribution in [0.5, 0.6) is 0 Å². The number of morpholine rings is 1. The van der Waals surface area contributed by atoms with Gasteiger partial charge in [-0.15, -0.1) is 24.0 Å². The lowest BCUT2D eigenvalue weighted by atomic mass is 9.96. The van der Waals surface area contributed by atoms with Gasteiger partial charge in [-0.05, 0) is 45.4 Å². The van der Waals surface area contributed by atoms with E-state index in [1.165, 1.54) is 11.3 Å². The molecule has 3 rings (SSSR count). The molecule has 1 aromatic carbocycles. The Morgan fingerprint density at radius 3 is 2.55 bits per heavy atom. The van der Waals surface area contributed by atoms with Crippen molar-refractivity contribution < 1.29 is 14.3 Å². The number of aryl methyl sites for hydroxylation is 2. The second-order valence-corrected chi connectivity index (χ2v) is 7.88. The molecule has 0 bridgehead atoms. The van der Waals surface area contributed by atoms with Gasteiger partial charge in [-0.2, -0.15) is 0 Å². The van der Waals surface area contributed by atoms with E-state index in [2.05, 4.69) is 33.7 Å². The molecule has 7 nitrogen and oxygen atoms in total. The van der Waals surface area contributed by atoms with Crippen LogP contribution in [0.1, 0.15) is 36.5 Å². The van der Waals surface area contributed by atoms with Gasteiger partial charge < -0.3 is 29.8 Å². The van der Waals surface area contributed by atoms with E-state index >= 15 is 0 Å². The largest absolute Gasteiger partial charge is 0.466 e. The lowest BCUT2D eigenvalue weighted by molar-refractivity contribution is 0.0601. The maximum absolute atomic E-state index is 11.0. The number of hydrogen-bond donors (Lipinski definition) is 3. The molecule has 1 atom stereocenters. The quantitative estimate of drug-likeness (QED) is 0.283. The third-order valence-corrected chi connectivity index (χ3v) is 5.32. The standard InChI is InChI=1S/C23H34N4O3.HI/c1-5-24-22(26-16-23(4,28)20-14-17(2)30-18(20)3)25-15-19-8-6-7-9-21(19)27-10-12-29-13-11-27;/h6-9,14,28H,5,10-13,15-16H2,1-4H3,(H2,24,25,26);1H. The smallest absolute Gasteiger partial charge is 0.191 e. The Hall–Kier alpha value is -1.78. The molecule has 0 spiro atoms. The van der Waals surface area contributed by atoms with Gasteiger partial charge in [-0.1, -0.05) is 18.2 Å². The van der Waals surface area contributed by atoms with E-state index in [0.29, 0.717) is 19.0 Å². The van der Waals surface area contributed by atoms with Crippen molar-refractivity contribution in [3.63, 3.8) is 0 Å². The number of guanidine groups is 1. The van der Waals surface area contributed by atoms with Crippen LogP contribution in [0, 0.1) is 13.8 Å². The summed E-state index contributed by atoms with van der Waals surface area (Å²) < 4.78 is 11.1. The van der Waals surface area contributed by atoms with Gasteiger partial charge in [0.05, 0.1) is 26.3 Å².